The SMILES string of the molecule is Cc1cc(-c2cccs2)n2ncc(C(=O)c3ccccc3)c2n1. The molecule has 0 fully saturated rings. The molecular formula is C18H13N3OS. The van der Waals surface area contributed by atoms with E-state index < -0.39 is 0 Å². The number of ketones is 1. The van der Waals surface area contributed by atoms with Gasteiger partial charge in [0.1, 0.15) is 0 Å². The van der Waals surface area contributed by atoms with Gasteiger partial charge in [0.2, 0.25) is 0 Å². The van der Waals surface area contributed by atoms with Crippen LogP contribution < -0.4 is 0 Å². The van der Waals surface area contributed by atoms with Crippen molar-refractivity contribution >= 4 is 22.8 Å². The van der Waals surface area contributed by atoms with Crippen LogP contribution in [0.3, 0.4) is 0 Å². The third-order valence-corrected chi connectivity index (χ3v) is 4.55. The number of carbonyl (C=O) groups is 1. The number of fused-ring (bicyclic) bond motifs is 1. The lowest BCUT2D eigenvalue weighted by Crippen LogP contribution is -2.03. The lowest BCUT2D eigenvalue weighted by Gasteiger charge is -2.05. The summed E-state index contributed by atoms with van der Waals surface area (Å²) < 4.78 is 1.75. The molecule has 4 rings (SSSR count). The van der Waals surface area contributed by atoms with Crippen LogP contribution in [0, 0.1) is 6.92 Å². The van der Waals surface area contributed by atoms with Crippen molar-refractivity contribution < 1.29 is 4.79 Å². The molecule has 4 aromatic rings. The monoisotopic (exact) mass is 319 g/mol. The predicted molar refractivity (Wildman–Crippen MR) is 90.9 cm³/mol. The van der Waals surface area contributed by atoms with Gasteiger partial charge < -0.3 is 0 Å². The molecule has 3 aromatic heterocycles. The van der Waals surface area contributed by atoms with Crippen LogP contribution in [0.4, 0.5) is 0 Å². The lowest BCUT2D eigenvalue weighted by atomic mass is 10.1. The molecule has 0 saturated heterocycles. The van der Waals surface area contributed by atoms with E-state index in [2.05, 4.69) is 10.1 Å². The van der Waals surface area contributed by atoms with Gasteiger partial charge in [-0.3, -0.25) is 4.79 Å². The number of benzene rings is 1. The van der Waals surface area contributed by atoms with Crippen molar-refractivity contribution in [3.63, 3.8) is 0 Å². The van der Waals surface area contributed by atoms with Gasteiger partial charge in [-0.25, -0.2) is 9.50 Å². The van der Waals surface area contributed by atoms with E-state index in [1.165, 1.54) is 0 Å². The van der Waals surface area contributed by atoms with Crippen LogP contribution >= 0.6 is 11.3 Å². The standard InChI is InChI=1S/C18H13N3OS/c1-12-10-15(16-8-5-9-23-16)21-18(20-12)14(11-19-21)17(22)13-6-3-2-4-7-13/h2-11H,1H3. The highest BCUT2D eigenvalue weighted by atomic mass is 32.1. The molecule has 0 bridgehead atoms. The van der Waals surface area contributed by atoms with Crippen LogP contribution in [-0.2, 0) is 0 Å². The van der Waals surface area contributed by atoms with Gasteiger partial charge in [-0.1, -0.05) is 36.4 Å². The van der Waals surface area contributed by atoms with E-state index in [0.29, 0.717) is 16.8 Å². The number of hydrogen-bond acceptors (Lipinski definition) is 4. The summed E-state index contributed by atoms with van der Waals surface area (Å²) in [5.74, 6) is -0.0594. The van der Waals surface area contributed by atoms with Crippen molar-refractivity contribution in [1.82, 2.24) is 14.6 Å². The van der Waals surface area contributed by atoms with Gasteiger partial charge >= 0.3 is 0 Å². The molecule has 5 heteroatoms. The fourth-order valence-electron chi connectivity index (χ4n) is 2.59. The Kier molecular flexibility index (Phi) is 3.28. The van der Waals surface area contributed by atoms with E-state index in [1.54, 1.807) is 22.0 Å². The Morgan fingerprint density at radius 2 is 1.96 bits per heavy atom. The van der Waals surface area contributed by atoms with Crippen LogP contribution in [0.5, 0.6) is 0 Å². The molecule has 0 atom stereocenters. The first-order valence-electron chi connectivity index (χ1n) is 7.23. The zero-order valence-corrected chi connectivity index (χ0v) is 13.2. The Balaban J connectivity index is 1.92. The molecule has 4 nitrogen and oxygen atoms in total. The van der Waals surface area contributed by atoms with Crippen molar-refractivity contribution in [3.8, 4) is 10.6 Å². The van der Waals surface area contributed by atoms with Gasteiger partial charge in [-0.2, -0.15) is 5.10 Å². The van der Waals surface area contributed by atoms with Crippen LogP contribution in [-0.4, -0.2) is 20.4 Å². The number of hydrogen-bond donors (Lipinski definition) is 0. The zero-order chi connectivity index (χ0) is 15.8. The van der Waals surface area contributed by atoms with E-state index in [9.17, 15) is 4.79 Å². The first-order valence-corrected chi connectivity index (χ1v) is 8.11. The third-order valence-electron chi connectivity index (χ3n) is 3.65. The van der Waals surface area contributed by atoms with Crippen molar-refractivity contribution in [2.75, 3.05) is 0 Å². The Bertz CT molecular complexity index is 988. The number of rotatable bonds is 3. The van der Waals surface area contributed by atoms with E-state index in [-0.39, 0.29) is 5.78 Å². The normalized spacial score (nSPS) is 11.0. The zero-order valence-electron chi connectivity index (χ0n) is 12.4. The highest BCUT2D eigenvalue weighted by Crippen LogP contribution is 2.27. The van der Waals surface area contributed by atoms with Gasteiger partial charge in [0.15, 0.2) is 11.4 Å². The molecule has 0 aliphatic heterocycles. The maximum atomic E-state index is 12.7. The van der Waals surface area contributed by atoms with Crippen molar-refractivity contribution in [2.24, 2.45) is 0 Å². The Morgan fingerprint density at radius 3 is 2.70 bits per heavy atom. The van der Waals surface area contributed by atoms with E-state index in [4.69, 9.17) is 0 Å². The second-order valence-corrected chi connectivity index (χ2v) is 6.20. The minimum Gasteiger partial charge on any atom is -0.288 e. The number of carbonyl (C=O) groups excluding carboxylic acids is 1. The molecule has 0 radical (unpaired) electrons. The third kappa shape index (κ3) is 2.35. The summed E-state index contributed by atoms with van der Waals surface area (Å²) >= 11 is 1.64. The smallest absolute Gasteiger partial charge is 0.198 e. The number of nitrogens with zero attached hydrogens (tertiary/aromatic N) is 3. The summed E-state index contributed by atoms with van der Waals surface area (Å²) in [7, 11) is 0. The molecule has 23 heavy (non-hydrogen) atoms. The molecule has 0 aliphatic carbocycles. The maximum absolute atomic E-state index is 12.7. The largest absolute Gasteiger partial charge is 0.288 e. The summed E-state index contributed by atoms with van der Waals surface area (Å²) in [5, 5.41) is 6.43. The molecular weight excluding hydrogens is 306 g/mol. The fraction of sp³-hybridized carbons (Fsp3) is 0.0556. The topological polar surface area (TPSA) is 47.3 Å². The Labute approximate surface area is 137 Å². The number of thiophene rings is 1. The molecule has 1 aromatic carbocycles. The first-order chi connectivity index (χ1) is 11.2. The second kappa shape index (κ2) is 5.44. The molecule has 0 unspecified atom stereocenters. The van der Waals surface area contributed by atoms with Gasteiger partial charge in [-0.15, -0.1) is 11.3 Å². The molecule has 112 valence electrons. The van der Waals surface area contributed by atoms with Crippen molar-refractivity contribution in [2.45, 2.75) is 6.92 Å². The minimum absolute atomic E-state index is 0.0594. The maximum Gasteiger partial charge on any atom is 0.198 e. The first kappa shape index (κ1) is 13.8. The number of aromatic nitrogens is 3. The molecule has 3 heterocycles. The van der Waals surface area contributed by atoms with Crippen LogP contribution in [0.1, 0.15) is 21.6 Å². The van der Waals surface area contributed by atoms with Crippen LogP contribution in [0.2, 0.25) is 0 Å². The van der Waals surface area contributed by atoms with Crippen molar-refractivity contribution in [3.05, 3.63) is 76.9 Å². The molecule has 0 aliphatic rings. The summed E-state index contributed by atoms with van der Waals surface area (Å²) in [4.78, 5) is 18.4. The molecule has 0 spiro atoms. The van der Waals surface area contributed by atoms with Gasteiger partial charge in [0.05, 0.1) is 22.3 Å². The number of aryl methyl sites for hydroxylation is 1. The summed E-state index contributed by atoms with van der Waals surface area (Å²) in [6, 6.07) is 15.3. The highest BCUT2D eigenvalue weighted by Gasteiger charge is 2.18. The van der Waals surface area contributed by atoms with E-state index in [1.807, 2.05) is 60.8 Å². The fourth-order valence-corrected chi connectivity index (χ4v) is 3.32. The predicted octanol–water partition coefficient (Wildman–Crippen LogP) is 4.00. The molecule has 0 amide bonds. The molecule has 0 saturated carbocycles. The summed E-state index contributed by atoms with van der Waals surface area (Å²) in [6.45, 7) is 1.93. The van der Waals surface area contributed by atoms with Crippen LogP contribution in [0.25, 0.3) is 16.2 Å². The summed E-state index contributed by atoms with van der Waals surface area (Å²) in [5.41, 5.74) is 3.58. The summed E-state index contributed by atoms with van der Waals surface area (Å²) in [6.07, 6.45) is 1.61. The van der Waals surface area contributed by atoms with Gasteiger partial charge in [0, 0.05) is 11.3 Å². The second-order valence-electron chi connectivity index (χ2n) is 5.25. The molecule has 0 N–H and O–H groups in total. The van der Waals surface area contributed by atoms with Crippen LogP contribution in [0.15, 0.2) is 60.1 Å². The van der Waals surface area contributed by atoms with Gasteiger partial charge in [0.25, 0.3) is 0 Å². The minimum atomic E-state index is -0.0594. The van der Waals surface area contributed by atoms with E-state index >= 15 is 0 Å². The Hall–Kier alpha value is -2.79. The lowest BCUT2D eigenvalue weighted by molar-refractivity contribution is 0.104. The quantitative estimate of drug-likeness (QED) is 0.536. The van der Waals surface area contributed by atoms with Crippen molar-refractivity contribution in [1.29, 1.82) is 0 Å². The highest BCUT2D eigenvalue weighted by molar-refractivity contribution is 7.13. The average molecular weight is 319 g/mol. The van der Waals surface area contributed by atoms with E-state index in [0.717, 1.165) is 16.3 Å². The van der Waals surface area contributed by atoms with Gasteiger partial charge in [-0.05, 0) is 24.4 Å². The average Bonchev–Trinajstić information content (AvgIpc) is 3.24. The Morgan fingerprint density at radius 1 is 1.13 bits per heavy atom.